The first-order valence-corrected chi connectivity index (χ1v) is 13.7. The van der Waals surface area contributed by atoms with Crippen molar-refractivity contribution in [3.63, 3.8) is 0 Å². The Morgan fingerprint density at radius 3 is 2.70 bits per heavy atom. The van der Waals surface area contributed by atoms with Crippen LogP contribution >= 0.6 is 0 Å². The fourth-order valence-electron chi connectivity index (χ4n) is 5.94. The van der Waals surface area contributed by atoms with Crippen molar-refractivity contribution in [3.8, 4) is 0 Å². The first-order chi connectivity index (χ1) is 17.6. The standard InChI is InChI=1S/C27H42N4O6/c1-5-36-24(34)27-13-18(27)11-9-7-6-8-10-12-20(29-25(35)37-26(2,3)4)23(33)31-16-17-14-28-15-19(17)21(31)22(32)30-27/h9,11,17-21,28H,5-8,10,12-16H2,1-4H3,(H,29,35)(H,30,32)/b11-9-/t17-,18-,19-,20-,21-,27+/m0/s1. The van der Waals surface area contributed by atoms with Crippen molar-refractivity contribution in [2.45, 2.75) is 89.4 Å². The van der Waals surface area contributed by atoms with Gasteiger partial charge in [-0.05, 0) is 59.3 Å². The van der Waals surface area contributed by atoms with Crippen molar-refractivity contribution in [1.82, 2.24) is 20.9 Å². The van der Waals surface area contributed by atoms with E-state index in [1.54, 1.807) is 32.6 Å². The molecule has 0 spiro atoms. The molecule has 0 aromatic heterocycles. The number of rotatable bonds is 3. The molecule has 1 saturated carbocycles. The van der Waals surface area contributed by atoms with Crippen molar-refractivity contribution < 1.29 is 28.7 Å². The molecule has 2 saturated heterocycles. The second kappa shape index (κ2) is 11.0. The van der Waals surface area contributed by atoms with E-state index in [9.17, 15) is 19.2 Å². The topological polar surface area (TPSA) is 126 Å². The molecular weight excluding hydrogens is 476 g/mol. The van der Waals surface area contributed by atoms with Gasteiger partial charge in [0.2, 0.25) is 11.8 Å². The van der Waals surface area contributed by atoms with E-state index in [0.29, 0.717) is 25.9 Å². The van der Waals surface area contributed by atoms with Crippen molar-refractivity contribution in [1.29, 1.82) is 0 Å². The molecule has 0 aromatic carbocycles. The third-order valence-corrected chi connectivity index (χ3v) is 7.84. The van der Waals surface area contributed by atoms with Gasteiger partial charge in [-0.3, -0.25) is 9.59 Å². The number of alkyl carbamates (subject to hydrolysis) is 1. The minimum absolute atomic E-state index is 0.0613. The Bertz CT molecular complexity index is 930. The summed E-state index contributed by atoms with van der Waals surface area (Å²) in [5.41, 5.74) is -1.78. The van der Waals surface area contributed by atoms with Crippen molar-refractivity contribution in [3.05, 3.63) is 12.2 Å². The van der Waals surface area contributed by atoms with Crippen LogP contribution in [-0.4, -0.2) is 78.2 Å². The van der Waals surface area contributed by atoms with Gasteiger partial charge < -0.3 is 30.3 Å². The molecule has 3 heterocycles. The second-order valence-corrected chi connectivity index (χ2v) is 11.8. The van der Waals surface area contributed by atoms with E-state index in [2.05, 4.69) is 22.0 Å². The second-order valence-electron chi connectivity index (χ2n) is 11.8. The summed E-state index contributed by atoms with van der Waals surface area (Å²) in [6.45, 7) is 9.07. The number of nitrogens with one attached hydrogen (secondary N) is 3. The lowest BCUT2D eigenvalue weighted by Crippen LogP contribution is -2.58. The Kier molecular flexibility index (Phi) is 8.16. The molecule has 3 amide bonds. The van der Waals surface area contributed by atoms with Crippen molar-refractivity contribution in [2.75, 3.05) is 26.2 Å². The fourth-order valence-corrected chi connectivity index (χ4v) is 5.94. The van der Waals surface area contributed by atoms with Crippen LogP contribution in [0.5, 0.6) is 0 Å². The summed E-state index contributed by atoms with van der Waals surface area (Å²) in [5.74, 6) is -1.08. The van der Waals surface area contributed by atoms with Crippen LogP contribution in [0, 0.1) is 17.8 Å². The van der Waals surface area contributed by atoms with Gasteiger partial charge in [-0.2, -0.15) is 0 Å². The summed E-state index contributed by atoms with van der Waals surface area (Å²) in [4.78, 5) is 54.9. The summed E-state index contributed by atoms with van der Waals surface area (Å²) in [6, 6.07) is -1.51. The van der Waals surface area contributed by atoms with Gasteiger partial charge in [0.05, 0.1) is 6.61 Å². The zero-order chi connectivity index (χ0) is 26.8. The normalized spacial score (nSPS) is 35.1. The van der Waals surface area contributed by atoms with E-state index in [0.717, 1.165) is 32.2 Å². The van der Waals surface area contributed by atoms with Gasteiger partial charge in [0.15, 0.2) is 0 Å². The highest BCUT2D eigenvalue weighted by atomic mass is 16.6. The van der Waals surface area contributed by atoms with E-state index in [1.807, 2.05) is 6.08 Å². The zero-order valence-corrected chi connectivity index (χ0v) is 22.5. The first-order valence-electron chi connectivity index (χ1n) is 13.7. The highest BCUT2D eigenvalue weighted by Gasteiger charge is 2.63. The Morgan fingerprint density at radius 2 is 1.97 bits per heavy atom. The SMILES string of the molecule is CCOC(=O)[C@@]12C[C@@H]1/C=C\CCCCC[C@H](NC(=O)OC(C)(C)C)C(=O)N1C[C@@H]3CNC[C@@H]3[C@H]1C(=O)N2. The van der Waals surface area contributed by atoms with Crippen LogP contribution in [0.3, 0.4) is 0 Å². The summed E-state index contributed by atoms with van der Waals surface area (Å²) in [5, 5.41) is 9.14. The molecule has 3 fully saturated rings. The minimum atomic E-state index is -1.09. The highest BCUT2D eigenvalue weighted by Crippen LogP contribution is 2.46. The number of nitrogens with zero attached hydrogens (tertiary/aromatic N) is 1. The predicted molar refractivity (Wildman–Crippen MR) is 136 cm³/mol. The molecular formula is C27H42N4O6. The Hall–Kier alpha value is -2.62. The van der Waals surface area contributed by atoms with E-state index >= 15 is 0 Å². The number of carbonyl (C=O) groups is 4. The van der Waals surface area contributed by atoms with Crippen LogP contribution in [0.1, 0.15) is 66.2 Å². The summed E-state index contributed by atoms with van der Waals surface area (Å²) >= 11 is 0. The third kappa shape index (κ3) is 6.10. The number of esters is 1. The molecule has 1 aliphatic carbocycles. The minimum Gasteiger partial charge on any atom is -0.464 e. The molecule has 10 heteroatoms. The van der Waals surface area contributed by atoms with Crippen molar-refractivity contribution in [2.24, 2.45) is 17.8 Å². The molecule has 4 rings (SSSR count). The molecule has 0 bridgehead atoms. The van der Waals surface area contributed by atoms with Gasteiger partial charge in [-0.25, -0.2) is 9.59 Å². The Morgan fingerprint density at radius 1 is 1.19 bits per heavy atom. The van der Waals surface area contributed by atoms with Crippen LogP contribution < -0.4 is 16.0 Å². The predicted octanol–water partition coefficient (Wildman–Crippen LogP) is 1.88. The maximum Gasteiger partial charge on any atom is 0.408 e. The monoisotopic (exact) mass is 518 g/mol. The number of fused-ring (bicyclic) bond motifs is 4. The lowest BCUT2D eigenvalue weighted by atomic mass is 9.93. The van der Waals surface area contributed by atoms with Gasteiger partial charge in [0.25, 0.3) is 0 Å². The van der Waals surface area contributed by atoms with Crippen LogP contribution in [0.2, 0.25) is 0 Å². The maximum atomic E-state index is 13.9. The van der Waals surface area contributed by atoms with Crippen LogP contribution in [0.25, 0.3) is 0 Å². The van der Waals surface area contributed by atoms with Gasteiger partial charge in [-0.15, -0.1) is 0 Å². The van der Waals surface area contributed by atoms with E-state index in [-0.39, 0.29) is 36.2 Å². The lowest BCUT2D eigenvalue weighted by molar-refractivity contribution is -0.150. The first kappa shape index (κ1) is 27.4. The Balaban J connectivity index is 1.61. The highest BCUT2D eigenvalue weighted by molar-refractivity contribution is 5.96. The van der Waals surface area contributed by atoms with Crippen molar-refractivity contribution >= 4 is 23.9 Å². The Labute approximate surface area is 219 Å². The van der Waals surface area contributed by atoms with E-state index in [1.165, 1.54) is 0 Å². The average molecular weight is 519 g/mol. The van der Waals surface area contributed by atoms with E-state index in [4.69, 9.17) is 9.47 Å². The summed E-state index contributed by atoms with van der Waals surface area (Å²) < 4.78 is 10.8. The van der Waals surface area contributed by atoms with Crippen LogP contribution in [-0.2, 0) is 23.9 Å². The van der Waals surface area contributed by atoms with Crippen LogP contribution in [0.4, 0.5) is 4.79 Å². The fraction of sp³-hybridized carbons (Fsp3) is 0.778. The van der Waals surface area contributed by atoms with Gasteiger partial charge in [0, 0.05) is 31.5 Å². The van der Waals surface area contributed by atoms with E-state index < -0.39 is 35.3 Å². The quantitative estimate of drug-likeness (QED) is 0.385. The van der Waals surface area contributed by atoms with Gasteiger partial charge in [-0.1, -0.05) is 25.0 Å². The number of hydrogen-bond donors (Lipinski definition) is 3. The molecule has 4 aliphatic rings. The summed E-state index contributed by atoms with van der Waals surface area (Å²) in [7, 11) is 0. The molecule has 206 valence electrons. The smallest absolute Gasteiger partial charge is 0.408 e. The molecule has 6 atom stereocenters. The number of allylic oxidation sites excluding steroid dienone is 1. The summed E-state index contributed by atoms with van der Waals surface area (Å²) in [6.07, 6.45) is 7.82. The number of amides is 3. The molecule has 0 unspecified atom stereocenters. The average Bonchev–Trinajstić information content (AvgIpc) is 3.12. The molecule has 3 aliphatic heterocycles. The zero-order valence-electron chi connectivity index (χ0n) is 22.5. The molecule has 0 radical (unpaired) electrons. The number of carbonyl (C=O) groups excluding carboxylic acids is 4. The molecule has 0 aromatic rings. The van der Waals surface area contributed by atoms with Crippen LogP contribution in [0.15, 0.2) is 12.2 Å². The maximum absolute atomic E-state index is 13.9. The lowest BCUT2D eigenvalue weighted by Gasteiger charge is -2.32. The molecule has 37 heavy (non-hydrogen) atoms. The molecule has 3 N–H and O–H groups in total. The number of hydrogen-bond acceptors (Lipinski definition) is 7. The third-order valence-electron chi connectivity index (χ3n) is 7.84. The van der Waals surface area contributed by atoms with Gasteiger partial charge in [0.1, 0.15) is 23.2 Å². The largest absolute Gasteiger partial charge is 0.464 e. The molecule has 10 nitrogen and oxygen atoms in total. The number of ether oxygens (including phenoxy) is 2. The van der Waals surface area contributed by atoms with Gasteiger partial charge >= 0.3 is 12.1 Å².